The van der Waals surface area contributed by atoms with Gasteiger partial charge in [-0.15, -0.1) is 0 Å². The zero-order valence-electron chi connectivity index (χ0n) is 13.0. The van der Waals surface area contributed by atoms with Crippen molar-refractivity contribution in [2.24, 2.45) is 0 Å². The fraction of sp³-hybridized carbons (Fsp3) is 0.375. The second-order valence-electron chi connectivity index (χ2n) is 4.68. The Labute approximate surface area is 177 Å². The molecule has 1 aromatic carbocycles. The molecule has 0 bridgehead atoms. The summed E-state index contributed by atoms with van der Waals surface area (Å²) in [6, 6.07) is 3.23. The van der Waals surface area contributed by atoms with E-state index in [4.69, 9.17) is 83.8 Å². The molecule has 0 radical (unpaired) electrons. The lowest BCUT2D eigenvalue weighted by Gasteiger charge is -2.12. The van der Waals surface area contributed by atoms with Crippen LogP contribution in [0.3, 0.4) is 0 Å². The van der Waals surface area contributed by atoms with Crippen molar-refractivity contribution in [2.75, 3.05) is 26.4 Å². The number of rotatable bonds is 11. The van der Waals surface area contributed by atoms with E-state index in [0.717, 1.165) is 12.8 Å². The van der Waals surface area contributed by atoms with E-state index >= 15 is 0 Å². The van der Waals surface area contributed by atoms with Crippen LogP contribution in [0.15, 0.2) is 33.3 Å². The minimum Gasteiger partial charge on any atom is -0.490 e. The molecule has 140 valence electrons. The highest BCUT2D eigenvalue weighted by Crippen LogP contribution is 2.37. The average molecular weight is 469 g/mol. The van der Waals surface area contributed by atoms with Gasteiger partial charge in [0.15, 0.2) is 5.75 Å². The molecule has 1 aromatic rings. The lowest BCUT2D eigenvalue weighted by Crippen LogP contribution is -2.03. The number of halogens is 6. The van der Waals surface area contributed by atoms with E-state index in [1.165, 1.54) is 11.6 Å². The van der Waals surface area contributed by atoms with Crippen LogP contribution in [0.1, 0.15) is 12.8 Å². The molecule has 0 aliphatic rings. The van der Waals surface area contributed by atoms with Gasteiger partial charge in [0.2, 0.25) is 0 Å². The zero-order chi connectivity index (χ0) is 18.7. The van der Waals surface area contributed by atoms with Crippen LogP contribution in [-0.2, 0) is 4.74 Å². The Hall–Kier alpha value is -0.000000000000000167. The van der Waals surface area contributed by atoms with Crippen LogP contribution in [0.5, 0.6) is 11.5 Å². The summed E-state index contributed by atoms with van der Waals surface area (Å²) in [6.45, 7) is 1.51. The molecule has 0 fully saturated rings. The minimum absolute atomic E-state index is 0.127. The van der Waals surface area contributed by atoms with E-state index in [0.29, 0.717) is 46.4 Å². The molecule has 0 amide bonds. The summed E-state index contributed by atoms with van der Waals surface area (Å²) in [4.78, 5) is 0. The van der Waals surface area contributed by atoms with Gasteiger partial charge in [0, 0.05) is 24.3 Å². The first-order valence-corrected chi connectivity index (χ1v) is 9.55. The minimum atomic E-state index is 0.127. The van der Waals surface area contributed by atoms with Gasteiger partial charge >= 0.3 is 0 Å². The van der Waals surface area contributed by atoms with Crippen molar-refractivity contribution < 1.29 is 14.2 Å². The summed E-state index contributed by atoms with van der Waals surface area (Å²) in [6.07, 6.45) is 3.08. The molecular weight excluding hydrogens is 453 g/mol. The first-order valence-electron chi connectivity index (χ1n) is 7.22. The van der Waals surface area contributed by atoms with Crippen molar-refractivity contribution in [3.63, 3.8) is 0 Å². The number of hydrogen-bond donors (Lipinski definition) is 0. The van der Waals surface area contributed by atoms with E-state index < -0.39 is 0 Å². The topological polar surface area (TPSA) is 27.7 Å². The number of ether oxygens (including phenoxy) is 3. The van der Waals surface area contributed by atoms with E-state index in [1.807, 2.05) is 0 Å². The molecule has 0 heterocycles. The summed E-state index contributed by atoms with van der Waals surface area (Å²) in [5, 5.41) is 1.18. The summed E-state index contributed by atoms with van der Waals surface area (Å²) < 4.78 is 16.5. The van der Waals surface area contributed by atoms with Crippen LogP contribution in [0.2, 0.25) is 10.0 Å². The van der Waals surface area contributed by atoms with Crippen molar-refractivity contribution in [3.05, 3.63) is 43.3 Å². The molecular formula is C16H16Cl6O3. The molecule has 0 spiro atoms. The molecule has 0 aliphatic carbocycles. The van der Waals surface area contributed by atoms with Crippen molar-refractivity contribution in [1.82, 2.24) is 0 Å². The van der Waals surface area contributed by atoms with Crippen molar-refractivity contribution in [1.29, 1.82) is 0 Å². The third kappa shape index (κ3) is 10.0. The van der Waals surface area contributed by atoms with E-state index in [9.17, 15) is 0 Å². The lowest BCUT2D eigenvalue weighted by molar-refractivity contribution is 0.150. The molecule has 0 saturated heterocycles. The molecule has 0 N–H and O–H groups in total. The second kappa shape index (κ2) is 13.2. The van der Waals surface area contributed by atoms with Crippen molar-refractivity contribution in [3.8, 4) is 11.5 Å². The molecule has 1 rings (SSSR count). The van der Waals surface area contributed by atoms with Gasteiger partial charge in [-0.05, 0) is 18.9 Å². The Morgan fingerprint density at radius 1 is 0.960 bits per heavy atom. The smallest absolute Gasteiger partial charge is 0.156 e. The number of hydrogen-bond acceptors (Lipinski definition) is 3. The molecule has 0 unspecified atom stereocenters. The largest absolute Gasteiger partial charge is 0.490 e. The summed E-state index contributed by atoms with van der Waals surface area (Å²) in [7, 11) is 0. The number of unbranched alkanes of at least 4 members (excludes halogenated alkanes) is 1. The van der Waals surface area contributed by atoms with Crippen LogP contribution in [0, 0.1) is 0 Å². The zero-order valence-corrected chi connectivity index (χ0v) is 17.6. The standard InChI is InChI=1S/C16H16Cl6O3/c17-9-11(18)10-23-4-1-2-5-25-16-13(19)7-12(8-14(16)20)24-6-3-15(21)22/h3,7-9H,1-2,4-6,10H2. The molecule has 0 atom stereocenters. The summed E-state index contributed by atoms with van der Waals surface area (Å²) in [5.41, 5.74) is 1.28. The van der Waals surface area contributed by atoms with E-state index in [2.05, 4.69) is 0 Å². The van der Waals surface area contributed by atoms with Crippen LogP contribution >= 0.6 is 69.6 Å². The maximum Gasteiger partial charge on any atom is 0.156 e. The Bertz CT molecular complexity index is 577. The van der Waals surface area contributed by atoms with Crippen LogP contribution in [-0.4, -0.2) is 26.4 Å². The highest BCUT2D eigenvalue weighted by atomic mass is 35.5. The van der Waals surface area contributed by atoms with Gasteiger partial charge in [-0.25, -0.2) is 0 Å². The highest BCUT2D eigenvalue weighted by molar-refractivity contribution is 6.55. The first-order chi connectivity index (χ1) is 11.9. The van der Waals surface area contributed by atoms with E-state index in [-0.39, 0.29) is 11.1 Å². The Morgan fingerprint density at radius 3 is 2.20 bits per heavy atom. The molecule has 0 aliphatic heterocycles. The Morgan fingerprint density at radius 2 is 1.60 bits per heavy atom. The van der Waals surface area contributed by atoms with Crippen molar-refractivity contribution in [2.45, 2.75) is 12.8 Å². The van der Waals surface area contributed by atoms with Crippen LogP contribution in [0.4, 0.5) is 0 Å². The molecule has 9 heteroatoms. The Kier molecular flexibility index (Phi) is 12.2. The Balaban J connectivity index is 2.37. The van der Waals surface area contributed by atoms with Gasteiger partial charge in [0.05, 0.1) is 28.3 Å². The van der Waals surface area contributed by atoms with Gasteiger partial charge in [0.25, 0.3) is 0 Å². The first kappa shape index (κ1) is 23.0. The number of benzene rings is 1. The van der Waals surface area contributed by atoms with Crippen LogP contribution in [0.25, 0.3) is 0 Å². The third-order valence-corrected chi connectivity index (χ3v) is 4.21. The maximum atomic E-state index is 6.17. The van der Waals surface area contributed by atoms with Crippen LogP contribution < -0.4 is 9.47 Å². The quantitative estimate of drug-likeness (QED) is 0.322. The second-order valence-corrected chi connectivity index (χ2v) is 7.21. The SMILES string of the molecule is ClC=C(Cl)COCCCCOc1c(Cl)cc(OCC=C(Cl)Cl)cc1Cl. The van der Waals surface area contributed by atoms with Gasteiger partial charge in [-0.1, -0.05) is 69.6 Å². The third-order valence-electron chi connectivity index (χ3n) is 2.75. The summed E-state index contributed by atoms with van der Waals surface area (Å²) >= 11 is 34.5. The maximum absolute atomic E-state index is 6.17. The molecule has 0 aromatic heterocycles. The van der Waals surface area contributed by atoms with Gasteiger partial charge in [-0.3, -0.25) is 0 Å². The predicted molar refractivity (Wildman–Crippen MR) is 107 cm³/mol. The van der Waals surface area contributed by atoms with E-state index in [1.54, 1.807) is 12.1 Å². The van der Waals surface area contributed by atoms with Gasteiger partial charge in [-0.2, -0.15) is 0 Å². The summed E-state index contributed by atoms with van der Waals surface area (Å²) in [5.74, 6) is 0.904. The fourth-order valence-corrected chi connectivity index (χ4v) is 2.48. The molecule has 25 heavy (non-hydrogen) atoms. The monoisotopic (exact) mass is 466 g/mol. The predicted octanol–water partition coefficient (Wildman–Crippen LogP) is 7.19. The molecule has 3 nitrogen and oxygen atoms in total. The van der Waals surface area contributed by atoms with Gasteiger partial charge < -0.3 is 14.2 Å². The molecule has 0 saturated carbocycles. The van der Waals surface area contributed by atoms with Gasteiger partial charge in [0.1, 0.15) is 16.8 Å². The average Bonchev–Trinajstić information content (AvgIpc) is 2.55. The van der Waals surface area contributed by atoms with Crippen molar-refractivity contribution >= 4 is 69.6 Å². The fourth-order valence-electron chi connectivity index (χ4n) is 1.64. The lowest BCUT2D eigenvalue weighted by atomic mass is 10.3. The highest BCUT2D eigenvalue weighted by Gasteiger charge is 2.10. The normalized spacial score (nSPS) is 11.4.